The molecular formula is C11H17N3O2. The van der Waals surface area contributed by atoms with E-state index in [1.54, 1.807) is 0 Å². The van der Waals surface area contributed by atoms with Gasteiger partial charge < -0.3 is 16.0 Å². The average Bonchev–Trinajstić information content (AvgIpc) is 2.28. The molecule has 1 amide bonds. The fourth-order valence-corrected chi connectivity index (χ4v) is 1.45. The van der Waals surface area contributed by atoms with Gasteiger partial charge in [0, 0.05) is 31.0 Å². The minimum absolute atomic E-state index is 0.0721. The highest BCUT2D eigenvalue weighted by Crippen LogP contribution is 1.96. The number of nitrogens with one attached hydrogen (secondary N) is 2. The van der Waals surface area contributed by atoms with E-state index >= 15 is 0 Å². The number of aromatic nitrogens is 1. The van der Waals surface area contributed by atoms with E-state index < -0.39 is 0 Å². The van der Waals surface area contributed by atoms with E-state index in [1.165, 1.54) is 18.5 Å². The topological polar surface area (TPSA) is 88.0 Å². The van der Waals surface area contributed by atoms with Crippen LogP contribution in [-0.2, 0) is 0 Å². The lowest BCUT2D eigenvalue weighted by atomic mass is 10.1. The second-order valence-electron chi connectivity index (χ2n) is 3.62. The van der Waals surface area contributed by atoms with Gasteiger partial charge in [0.15, 0.2) is 5.43 Å². The Hall–Kier alpha value is -1.62. The molecule has 0 aliphatic carbocycles. The number of carbonyl (C=O) groups is 1. The number of nitrogens with two attached hydrogens (primary N) is 1. The zero-order valence-electron chi connectivity index (χ0n) is 9.32. The van der Waals surface area contributed by atoms with Crippen molar-refractivity contribution in [3.05, 3.63) is 34.2 Å². The summed E-state index contributed by atoms with van der Waals surface area (Å²) in [6, 6.07) is 1.25. The number of hydrogen-bond acceptors (Lipinski definition) is 3. The van der Waals surface area contributed by atoms with Crippen molar-refractivity contribution in [2.45, 2.75) is 25.8 Å². The number of rotatable bonds is 5. The van der Waals surface area contributed by atoms with Crippen molar-refractivity contribution < 1.29 is 4.79 Å². The molecule has 1 aromatic heterocycles. The largest absolute Gasteiger partial charge is 0.367 e. The van der Waals surface area contributed by atoms with Gasteiger partial charge in [-0.1, -0.05) is 13.3 Å². The van der Waals surface area contributed by atoms with Crippen LogP contribution in [0.15, 0.2) is 23.3 Å². The van der Waals surface area contributed by atoms with Crippen LogP contribution in [0.25, 0.3) is 0 Å². The molecule has 0 spiro atoms. The Morgan fingerprint density at radius 1 is 1.62 bits per heavy atom. The van der Waals surface area contributed by atoms with Gasteiger partial charge in [-0.2, -0.15) is 0 Å². The van der Waals surface area contributed by atoms with Gasteiger partial charge >= 0.3 is 0 Å². The minimum Gasteiger partial charge on any atom is -0.367 e. The molecule has 5 heteroatoms. The highest BCUT2D eigenvalue weighted by molar-refractivity contribution is 5.93. The summed E-state index contributed by atoms with van der Waals surface area (Å²) in [4.78, 5) is 25.8. The second-order valence-corrected chi connectivity index (χ2v) is 3.62. The lowest BCUT2D eigenvalue weighted by Crippen LogP contribution is -2.41. The monoisotopic (exact) mass is 223 g/mol. The van der Waals surface area contributed by atoms with E-state index in [-0.39, 0.29) is 22.9 Å². The number of hydrogen-bond donors (Lipinski definition) is 3. The Balaban J connectivity index is 2.72. The third kappa shape index (κ3) is 3.20. The molecule has 0 saturated carbocycles. The molecule has 0 radical (unpaired) electrons. The molecule has 4 N–H and O–H groups in total. The molecule has 0 bridgehead atoms. The Morgan fingerprint density at radius 3 is 2.94 bits per heavy atom. The quantitative estimate of drug-likeness (QED) is 0.667. The van der Waals surface area contributed by atoms with Crippen molar-refractivity contribution in [1.29, 1.82) is 0 Å². The van der Waals surface area contributed by atoms with Crippen LogP contribution in [0.5, 0.6) is 0 Å². The van der Waals surface area contributed by atoms with E-state index in [0.29, 0.717) is 6.54 Å². The van der Waals surface area contributed by atoms with Crippen molar-refractivity contribution in [2.75, 3.05) is 6.54 Å². The van der Waals surface area contributed by atoms with Crippen LogP contribution in [-0.4, -0.2) is 23.5 Å². The van der Waals surface area contributed by atoms with E-state index in [9.17, 15) is 9.59 Å². The molecule has 1 rings (SSSR count). The minimum atomic E-state index is -0.370. The summed E-state index contributed by atoms with van der Waals surface area (Å²) in [5.74, 6) is -0.370. The third-order valence-electron chi connectivity index (χ3n) is 2.33. The van der Waals surface area contributed by atoms with Gasteiger partial charge in [0.2, 0.25) is 0 Å². The number of carbonyl (C=O) groups excluding carboxylic acids is 1. The standard InChI is InChI=1S/C11H17N3O2/c1-2-3-8(6-12)14-11(16)9-7-13-5-4-10(9)15/h4-5,7-8H,2-3,6,12H2,1H3,(H,13,15)(H,14,16). The highest BCUT2D eigenvalue weighted by Gasteiger charge is 2.13. The molecule has 88 valence electrons. The van der Waals surface area contributed by atoms with E-state index in [1.807, 2.05) is 6.92 Å². The smallest absolute Gasteiger partial charge is 0.257 e. The maximum atomic E-state index is 11.7. The molecule has 16 heavy (non-hydrogen) atoms. The van der Waals surface area contributed by atoms with Gasteiger partial charge in [0.05, 0.1) is 0 Å². The highest BCUT2D eigenvalue weighted by atomic mass is 16.2. The van der Waals surface area contributed by atoms with E-state index in [2.05, 4.69) is 10.3 Å². The van der Waals surface area contributed by atoms with Crippen LogP contribution in [0, 0.1) is 0 Å². The van der Waals surface area contributed by atoms with Crippen molar-refractivity contribution in [3.8, 4) is 0 Å². The molecule has 1 unspecified atom stereocenters. The summed E-state index contributed by atoms with van der Waals surface area (Å²) < 4.78 is 0. The Labute approximate surface area is 94.1 Å². The Kier molecular flexibility index (Phi) is 4.72. The average molecular weight is 223 g/mol. The van der Waals surface area contributed by atoms with Crippen LogP contribution in [0.1, 0.15) is 30.1 Å². The summed E-state index contributed by atoms with van der Waals surface area (Å²) in [7, 11) is 0. The molecule has 5 nitrogen and oxygen atoms in total. The van der Waals surface area contributed by atoms with Crippen molar-refractivity contribution in [3.63, 3.8) is 0 Å². The predicted molar refractivity (Wildman–Crippen MR) is 62.3 cm³/mol. The SMILES string of the molecule is CCCC(CN)NC(=O)c1c[nH]ccc1=O. The van der Waals surface area contributed by atoms with Gasteiger partial charge in [-0.05, 0) is 6.42 Å². The molecule has 0 fully saturated rings. The maximum Gasteiger partial charge on any atom is 0.257 e. The summed E-state index contributed by atoms with van der Waals surface area (Å²) in [6.45, 7) is 2.40. The maximum absolute atomic E-state index is 11.7. The number of aromatic amines is 1. The van der Waals surface area contributed by atoms with Crippen LogP contribution >= 0.6 is 0 Å². The van der Waals surface area contributed by atoms with Crippen molar-refractivity contribution in [2.24, 2.45) is 5.73 Å². The van der Waals surface area contributed by atoms with Crippen molar-refractivity contribution in [1.82, 2.24) is 10.3 Å². The van der Waals surface area contributed by atoms with Crippen LogP contribution < -0.4 is 16.5 Å². The Bertz CT molecular complexity index is 400. The molecular weight excluding hydrogens is 206 g/mol. The first-order chi connectivity index (χ1) is 7.69. The van der Waals surface area contributed by atoms with Gasteiger partial charge in [0.1, 0.15) is 5.56 Å². The first kappa shape index (κ1) is 12.4. The molecule has 1 atom stereocenters. The van der Waals surface area contributed by atoms with Crippen molar-refractivity contribution >= 4 is 5.91 Å². The molecule has 0 aliphatic rings. The van der Waals surface area contributed by atoms with Crippen LogP contribution in [0.4, 0.5) is 0 Å². The zero-order valence-corrected chi connectivity index (χ0v) is 9.32. The number of amides is 1. The third-order valence-corrected chi connectivity index (χ3v) is 2.33. The molecule has 0 aromatic carbocycles. The van der Waals surface area contributed by atoms with Gasteiger partial charge in [-0.3, -0.25) is 9.59 Å². The fourth-order valence-electron chi connectivity index (χ4n) is 1.45. The molecule has 0 saturated heterocycles. The molecule has 1 heterocycles. The predicted octanol–water partition coefficient (Wildman–Crippen LogP) is 0.232. The second kappa shape index (κ2) is 6.07. The van der Waals surface area contributed by atoms with E-state index in [4.69, 9.17) is 5.73 Å². The fraction of sp³-hybridized carbons (Fsp3) is 0.455. The lowest BCUT2D eigenvalue weighted by Gasteiger charge is -2.15. The molecule has 0 aliphatic heterocycles. The summed E-state index contributed by atoms with van der Waals surface area (Å²) in [5.41, 5.74) is 5.36. The van der Waals surface area contributed by atoms with Crippen LogP contribution in [0.3, 0.4) is 0 Å². The van der Waals surface area contributed by atoms with Gasteiger partial charge in [-0.25, -0.2) is 0 Å². The normalized spacial score (nSPS) is 12.1. The first-order valence-electron chi connectivity index (χ1n) is 5.37. The first-order valence-corrected chi connectivity index (χ1v) is 5.37. The number of pyridine rings is 1. The van der Waals surface area contributed by atoms with Crippen LogP contribution in [0.2, 0.25) is 0 Å². The Morgan fingerprint density at radius 2 is 2.38 bits per heavy atom. The van der Waals surface area contributed by atoms with E-state index in [0.717, 1.165) is 12.8 Å². The summed E-state index contributed by atoms with van der Waals surface area (Å²) in [6.07, 6.45) is 4.64. The summed E-state index contributed by atoms with van der Waals surface area (Å²) >= 11 is 0. The summed E-state index contributed by atoms with van der Waals surface area (Å²) in [5, 5.41) is 2.74. The van der Waals surface area contributed by atoms with Gasteiger partial charge in [-0.15, -0.1) is 0 Å². The lowest BCUT2D eigenvalue weighted by molar-refractivity contribution is 0.0934. The number of H-pyrrole nitrogens is 1. The van der Waals surface area contributed by atoms with Gasteiger partial charge in [0.25, 0.3) is 5.91 Å². The molecule has 1 aromatic rings. The zero-order chi connectivity index (χ0) is 12.0.